The number of aromatic nitrogens is 3. The Kier molecular flexibility index (Phi) is 6.19. The van der Waals surface area contributed by atoms with Crippen LogP contribution in [0, 0.1) is 5.92 Å². The molecular weight excluding hydrogens is 212 g/mol. The molecule has 0 aliphatic heterocycles. The molecule has 0 saturated heterocycles. The Hall–Kier alpha value is -0.900. The predicted octanol–water partition coefficient (Wildman–Crippen LogP) is 2.16. The molecule has 4 nitrogen and oxygen atoms in total. The fourth-order valence-corrected chi connectivity index (χ4v) is 2.17. The van der Waals surface area contributed by atoms with Gasteiger partial charge in [-0.2, -0.15) is 5.10 Å². The highest BCUT2D eigenvalue weighted by atomic mass is 15.3. The number of unbranched alkanes of at least 4 members (excludes halogenated alkanes) is 1. The van der Waals surface area contributed by atoms with E-state index in [0.717, 1.165) is 18.8 Å². The second-order valence-corrected chi connectivity index (χ2v) is 4.79. The lowest BCUT2D eigenvalue weighted by atomic mass is 9.93. The van der Waals surface area contributed by atoms with Crippen molar-refractivity contribution < 1.29 is 0 Å². The van der Waals surface area contributed by atoms with Crippen molar-refractivity contribution >= 4 is 0 Å². The summed E-state index contributed by atoms with van der Waals surface area (Å²) in [6.07, 6.45) is 6.46. The summed E-state index contributed by atoms with van der Waals surface area (Å²) in [5.74, 6) is 1.76. The molecule has 0 bridgehead atoms. The molecular formula is C13H26N4. The van der Waals surface area contributed by atoms with Gasteiger partial charge in [-0.1, -0.05) is 33.6 Å². The van der Waals surface area contributed by atoms with Crippen molar-refractivity contribution in [1.82, 2.24) is 20.1 Å². The summed E-state index contributed by atoms with van der Waals surface area (Å²) in [4.78, 5) is 4.31. The van der Waals surface area contributed by atoms with E-state index in [0.29, 0.717) is 12.0 Å². The van der Waals surface area contributed by atoms with Gasteiger partial charge in [0.05, 0.1) is 0 Å². The standard InChI is InChI=1S/C13H26N4/c1-5-7-8-11(3)12(14-6-2)9-13-15-10-16-17(13)4/h10-12,14H,5-9H2,1-4H3. The number of hydrogen-bond donors (Lipinski definition) is 1. The summed E-state index contributed by atoms with van der Waals surface area (Å²) in [6.45, 7) is 7.76. The Labute approximate surface area is 105 Å². The zero-order valence-electron chi connectivity index (χ0n) is 11.6. The van der Waals surface area contributed by atoms with Crippen molar-refractivity contribution in [2.24, 2.45) is 13.0 Å². The smallest absolute Gasteiger partial charge is 0.138 e. The van der Waals surface area contributed by atoms with Crippen molar-refractivity contribution in [3.05, 3.63) is 12.2 Å². The number of hydrogen-bond acceptors (Lipinski definition) is 3. The number of nitrogens with zero attached hydrogens (tertiary/aromatic N) is 3. The van der Waals surface area contributed by atoms with Crippen molar-refractivity contribution in [2.75, 3.05) is 6.54 Å². The van der Waals surface area contributed by atoms with Crippen molar-refractivity contribution in [2.45, 2.75) is 52.5 Å². The Morgan fingerprint density at radius 3 is 2.71 bits per heavy atom. The molecule has 0 aromatic carbocycles. The lowest BCUT2D eigenvalue weighted by Crippen LogP contribution is -2.37. The summed E-state index contributed by atoms with van der Waals surface area (Å²) < 4.78 is 1.87. The quantitative estimate of drug-likeness (QED) is 0.754. The van der Waals surface area contributed by atoms with Crippen molar-refractivity contribution in [3.63, 3.8) is 0 Å². The van der Waals surface area contributed by atoms with Gasteiger partial charge in [0.2, 0.25) is 0 Å². The predicted molar refractivity (Wildman–Crippen MR) is 70.9 cm³/mol. The van der Waals surface area contributed by atoms with Crippen LogP contribution in [0.1, 0.15) is 45.9 Å². The molecule has 17 heavy (non-hydrogen) atoms. The van der Waals surface area contributed by atoms with E-state index in [9.17, 15) is 0 Å². The van der Waals surface area contributed by atoms with Crippen molar-refractivity contribution in [1.29, 1.82) is 0 Å². The highest BCUT2D eigenvalue weighted by Gasteiger charge is 2.18. The van der Waals surface area contributed by atoms with E-state index >= 15 is 0 Å². The topological polar surface area (TPSA) is 42.7 Å². The van der Waals surface area contributed by atoms with Gasteiger partial charge in [-0.15, -0.1) is 0 Å². The Morgan fingerprint density at radius 2 is 2.18 bits per heavy atom. The minimum atomic E-state index is 0.509. The van der Waals surface area contributed by atoms with Gasteiger partial charge in [0, 0.05) is 19.5 Å². The van der Waals surface area contributed by atoms with Gasteiger partial charge in [-0.25, -0.2) is 4.98 Å². The van der Waals surface area contributed by atoms with E-state index in [4.69, 9.17) is 0 Å². The maximum atomic E-state index is 4.31. The number of rotatable bonds is 8. The molecule has 4 heteroatoms. The van der Waals surface area contributed by atoms with Crippen LogP contribution in [0.25, 0.3) is 0 Å². The van der Waals surface area contributed by atoms with E-state index < -0.39 is 0 Å². The minimum Gasteiger partial charge on any atom is -0.314 e. The molecule has 1 rings (SSSR count). The summed E-state index contributed by atoms with van der Waals surface area (Å²) in [7, 11) is 1.96. The molecule has 0 fully saturated rings. The Balaban J connectivity index is 2.56. The molecule has 1 heterocycles. The molecule has 2 atom stereocenters. The molecule has 0 aliphatic carbocycles. The van der Waals surface area contributed by atoms with Crippen LogP contribution in [-0.2, 0) is 13.5 Å². The molecule has 0 amide bonds. The lowest BCUT2D eigenvalue weighted by molar-refractivity contribution is 0.345. The number of nitrogens with one attached hydrogen (secondary N) is 1. The van der Waals surface area contributed by atoms with Gasteiger partial charge in [0.25, 0.3) is 0 Å². The molecule has 0 saturated carbocycles. The van der Waals surface area contributed by atoms with Crippen LogP contribution < -0.4 is 5.32 Å². The molecule has 0 spiro atoms. The fraction of sp³-hybridized carbons (Fsp3) is 0.846. The molecule has 1 aromatic rings. The van der Waals surface area contributed by atoms with E-state index in [-0.39, 0.29) is 0 Å². The van der Waals surface area contributed by atoms with Gasteiger partial charge in [0.1, 0.15) is 12.2 Å². The maximum absolute atomic E-state index is 4.31. The van der Waals surface area contributed by atoms with Crippen LogP contribution >= 0.6 is 0 Å². The van der Waals surface area contributed by atoms with Crippen LogP contribution in [0.2, 0.25) is 0 Å². The first-order chi connectivity index (χ1) is 8.19. The first-order valence-corrected chi connectivity index (χ1v) is 6.75. The third-order valence-electron chi connectivity index (χ3n) is 3.37. The van der Waals surface area contributed by atoms with Crippen LogP contribution in [0.15, 0.2) is 6.33 Å². The van der Waals surface area contributed by atoms with Crippen LogP contribution in [-0.4, -0.2) is 27.4 Å². The third-order valence-corrected chi connectivity index (χ3v) is 3.37. The van der Waals surface area contributed by atoms with Gasteiger partial charge in [-0.3, -0.25) is 4.68 Å². The van der Waals surface area contributed by atoms with Crippen LogP contribution in [0.5, 0.6) is 0 Å². The first-order valence-electron chi connectivity index (χ1n) is 6.75. The highest BCUT2D eigenvalue weighted by molar-refractivity contribution is 4.90. The second kappa shape index (κ2) is 7.43. The SMILES string of the molecule is CCCCC(C)C(Cc1ncnn1C)NCC. The molecule has 98 valence electrons. The van der Waals surface area contributed by atoms with Crippen LogP contribution in [0.3, 0.4) is 0 Å². The monoisotopic (exact) mass is 238 g/mol. The van der Waals surface area contributed by atoms with E-state index in [2.05, 4.69) is 36.2 Å². The molecule has 2 unspecified atom stereocenters. The third kappa shape index (κ3) is 4.46. The average molecular weight is 238 g/mol. The molecule has 0 radical (unpaired) electrons. The number of aryl methyl sites for hydroxylation is 1. The summed E-state index contributed by atoms with van der Waals surface area (Å²) >= 11 is 0. The second-order valence-electron chi connectivity index (χ2n) is 4.79. The summed E-state index contributed by atoms with van der Waals surface area (Å²) in [5, 5.41) is 7.70. The molecule has 1 N–H and O–H groups in total. The van der Waals surface area contributed by atoms with Gasteiger partial charge in [-0.05, 0) is 18.9 Å². The van der Waals surface area contributed by atoms with E-state index in [1.54, 1.807) is 6.33 Å². The first kappa shape index (κ1) is 14.2. The molecule has 0 aliphatic rings. The highest BCUT2D eigenvalue weighted by Crippen LogP contribution is 2.15. The average Bonchev–Trinajstić information content (AvgIpc) is 2.71. The van der Waals surface area contributed by atoms with Crippen molar-refractivity contribution in [3.8, 4) is 0 Å². The Morgan fingerprint density at radius 1 is 1.41 bits per heavy atom. The van der Waals surface area contributed by atoms with E-state index in [1.165, 1.54) is 19.3 Å². The largest absolute Gasteiger partial charge is 0.314 e. The van der Waals surface area contributed by atoms with Gasteiger partial charge in [0.15, 0.2) is 0 Å². The summed E-state index contributed by atoms with van der Waals surface area (Å²) in [5.41, 5.74) is 0. The minimum absolute atomic E-state index is 0.509. The zero-order chi connectivity index (χ0) is 12.7. The van der Waals surface area contributed by atoms with E-state index in [1.807, 2.05) is 11.7 Å². The van der Waals surface area contributed by atoms with Gasteiger partial charge < -0.3 is 5.32 Å². The lowest BCUT2D eigenvalue weighted by Gasteiger charge is -2.24. The van der Waals surface area contributed by atoms with Crippen LogP contribution in [0.4, 0.5) is 0 Å². The zero-order valence-corrected chi connectivity index (χ0v) is 11.6. The number of likely N-dealkylation sites (N-methyl/N-ethyl adjacent to an activating group) is 1. The maximum Gasteiger partial charge on any atom is 0.138 e. The Bertz CT molecular complexity index is 308. The van der Waals surface area contributed by atoms with Gasteiger partial charge >= 0.3 is 0 Å². The normalized spacial score (nSPS) is 14.8. The molecule has 1 aromatic heterocycles. The fourth-order valence-electron chi connectivity index (χ4n) is 2.17. The summed E-state index contributed by atoms with van der Waals surface area (Å²) in [6, 6.07) is 0.509.